The van der Waals surface area contributed by atoms with Crippen molar-refractivity contribution in [1.29, 1.82) is 0 Å². The van der Waals surface area contributed by atoms with E-state index in [1.807, 2.05) is 6.07 Å². The highest BCUT2D eigenvalue weighted by Crippen LogP contribution is 2.24. The van der Waals surface area contributed by atoms with Gasteiger partial charge in [-0.15, -0.1) is 0 Å². The van der Waals surface area contributed by atoms with Crippen LogP contribution in [0.25, 0.3) is 0 Å². The molecule has 1 aliphatic heterocycles. The lowest BCUT2D eigenvalue weighted by Crippen LogP contribution is -2.60. The summed E-state index contributed by atoms with van der Waals surface area (Å²) in [6.07, 6.45) is -8.55. The summed E-state index contributed by atoms with van der Waals surface area (Å²) in [4.78, 5) is 24.4. The van der Waals surface area contributed by atoms with E-state index in [9.17, 15) is 24.9 Å². The van der Waals surface area contributed by atoms with Crippen LogP contribution >= 0.6 is 0 Å². The fraction of sp³-hybridized carbons (Fsp3) is 0.333. The maximum atomic E-state index is 12.3. The number of rotatable bonds is 6. The third kappa shape index (κ3) is 5.39. The molecule has 2 aromatic rings. The van der Waals surface area contributed by atoms with E-state index in [-0.39, 0.29) is 13.0 Å². The van der Waals surface area contributed by atoms with E-state index in [0.29, 0.717) is 5.56 Å². The van der Waals surface area contributed by atoms with Crippen LogP contribution in [-0.2, 0) is 36.8 Å². The predicted octanol–water partition coefficient (Wildman–Crippen LogP) is 0.323. The zero-order valence-corrected chi connectivity index (χ0v) is 15.5. The molecule has 154 valence electrons. The number of ether oxygens (including phenoxy) is 3. The van der Waals surface area contributed by atoms with E-state index in [4.69, 9.17) is 14.2 Å². The molecule has 0 spiro atoms. The van der Waals surface area contributed by atoms with Crippen LogP contribution in [0.1, 0.15) is 11.1 Å². The maximum absolute atomic E-state index is 12.3. The van der Waals surface area contributed by atoms with Crippen LogP contribution in [0.2, 0.25) is 0 Å². The van der Waals surface area contributed by atoms with Crippen molar-refractivity contribution in [1.82, 2.24) is 0 Å². The van der Waals surface area contributed by atoms with Gasteiger partial charge >= 0.3 is 11.9 Å². The van der Waals surface area contributed by atoms with Crippen molar-refractivity contribution >= 4 is 11.9 Å². The Labute approximate surface area is 167 Å². The van der Waals surface area contributed by atoms with Gasteiger partial charge in [0.2, 0.25) is 6.29 Å². The average molecular weight is 402 g/mol. The first-order valence-corrected chi connectivity index (χ1v) is 9.09. The summed E-state index contributed by atoms with van der Waals surface area (Å²) in [6, 6.07) is 17.6. The van der Waals surface area contributed by atoms with Crippen LogP contribution in [0.15, 0.2) is 60.7 Å². The summed E-state index contributed by atoms with van der Waals surface area (Å²) < 4.78 is 15.5. The zero-order chi connectivity index (χ0) is 20.8. The maximum Gasteiger partial charge on any atom is 0.338 e. The van der Waals surface area contributed by atoms with Crippen LogP contribution in [0.3, 0.4) is 0 Å². The minimum atomic E-state index is -1.76. The van der Waals surface area contributed by atoms with Crippen LogP contribution in [0, 0.1) is 0 Å². The van der Waals surface area contributed by atoms with Gasteiger partial charge in [-0.05, 0) is 11.1 Å². The Bertz CT molecular complexity index is 810. The van der Waals surface area contributed by atoms with E-state index in [0.717, 1.165) is 5.56 Å². The van der Waals surface area contributed by atoms with Crippen LogP contribution < -0.4 is 0 Å². The standard InChI is InChI=1S/C21H22O8/c22-15(11-13-7-3-1-4-8-13)28-21-18(25)16(23)17(24)19(29-21)20(26)27-12-14-9-5-2-6-10-14/h1-10,16-19,21,23-25H,11-12H2/t16-,17-,18+,19-,21+/m0/s1. The lowest BCUT2D eigenvalue weighted by Gasteiger charge is -2.38. The molecule has 0 saturated carbocycles. The highest BCUT2D eigenvalue weighted by Gasteiger charge is 2.49. The van der Waals surface area contributed by atoms with Crippen molar-refractivity contribution in [3.05, 3.63) is 71.8 Å². The van der Waals surface area contributed by atoms with E-state index in [1.165, 1.54) is 0 Å². The highest BCUT2D eigenvalue weighted by molar-refractivity contribution is 5.76. The summed E-state index contributed by atoms with van der Waals surface area (Å²) in [7, 11) is 0. The summed E-state index contributed by atoms with van der Waals surface area (Å²) in [5, 5.41) is 30.2. The molecule has 8 heteroatoms. The molecule has 3 rings (SSSR count). The summed E-state index contributed by atoms with van der Waals surface area (Å²) in [6.45, 7) is -0.0661. The normalized spacial score (nSPS) is 26.5. The lowest BCUT2D eigenvalue weighted by atomic mass is 9.99. The number of carbonyl (C=O) groups excluding carboxylic acids is 2. The molecule has 1 saturated heterocycles. The topological polar surface area (TPSA) is 123 Å². The van der Waals surface area contributed by atoms with Crippen molar-refractivity contribution in [2.75, 3.05) is 0 Å². The van der Waals surface area contributed by atoms with Gasteiger partial charge in [0.1, 0.15) is 24.9 Å². The van der Waals surface area contributed by atoms with E-state index in [2.05, 4.69) is 0 Å². The van der Waals surface area contributed by atoms with Crippen molar-refractivity contribution < 1.29 is 39.1 Å². The Hall–Kier alpha value is -2.78. The lowest BCUT2D eigenvalue weighted by molar-refractivity contribution is -0.287. The smallest absolute Gasteiger partial charge is 0.338 e. The first-order chi connectivity index (χ1) is 14.0. The van der Waals surface area contributed by atoms with Gasteiger partial charge < -0.3 is 29.5 Å². The third-order valence-corrected chi connectivity index (χ3v) is 4.46. The van der Waals surface area contributed by atoms with Crippen LogP contribution in [0.4, 0.5) is 0 Å². The number of hydrogen-bond donors (Lipinski definition) is 3. The second kappa shape index (κ2) is 9.62. The van der Waals surface area contributed by atoms with E-state index < -0.39 is 42.6 Å². The Kier molecular flexibility index (Phi) is 6.95. The number of benzene rings is 2. The molecule has 0 unspecified atom stereocenters. The minimum absolute atomic E-state index is 0.0661. The molecule has 3 N–H and O–H groups in total. The van der Waals surface area contributed by atoms with Crippen LogP contribution in [0.5, 0.6) is 0 Å². The van der Waals surface area contributed by atoms with E-state index in [1.54, 1.807) is 54.6 Å². The summed E-state index contributed by atoms with van der Waals surface area (Å²) in [5.74, 6) is -1.67. The Morgan fingerprint density at radius 3 is 2.03 bits per heavy atom. The molecule has 0 aliphatic carbocycles. The molecule has 5 atom stereocenters. The van der Waals surface area contributed by atoms with Crippen molar-refractivity contribution in [2.24, 2.45) is 0 Å². The molecule has 0 aromatic heterocycles. The van der Waals surface area contributed by atoms with Crippen LogP contribution in [-0.4, -0.2) is 58.0 Å². The van der Waals surface area contributed by atoms with Gasteiger partial charge in [0.25, 0.3) is 0 Å². The summed E-state index contributed by atoms with van der Waals surface area (Å²) >= 11 is 0. The second-order valence-corrected chi connectivity index (χ2v) is 6.64. The molecule has 29 heavy (non-hydrogen) atoms. The molecule has 8 nitrogen and oxygen atoms in total. The van der Waals surface area contributed by atoms with Crippen molar-refractivity contribution in [2.45, 2.75) is 43.7 Å². The Morgan fingerprint density at radius 1 is 0.828 bits per heavy atom. The van der Waals surface area contributed by atoms with Gasteiger partial charge in [0.05, 0.1) is 6.42 Å². The predicted molar refractivity (Wildman–Crippen MR) is 99.2 cm³/mol. The first kappa shape index (κ1) is 20.9. The molecular weight excluding hydrogens is 380 g/mol. The monoisotopic (exact) mass is 402 g/mol. The first-order valence-electron chi connectivity index (χ1n) is 9.09. The highest BCUT2D eigenvalue weighted by atomic mass is 16.7. The summed E-state index contributed by atoms with van der Waals surface area (Å²) in [5.41, 5.74) is 1.40. The van der Waals surface area contributed by atoms with Gasteiger partial charge in [-0.3, -0.25) is 4.79 Å². The fourth-order valence-corrected chi connectivity index (χ4v) is 2.88. The molecule has 0 radical (unpaired) electrons. The molecule has 0 bridgehead atoms. The van der Waals surface area contributed by atoms with E-state index >= 15 is 0 Å². The zero-order valence-electron chi connectivity index (χ0n) is 15.5. The van der Waals surface area contributed by atoms with Crippen molar-refractivity contribution in [3.8, 4) is 0 Å². The second-order valence-electron chi connectivity index (χ2n) is 6.64. The number of aliphatic hydroxyl groups is 3. The molecule has 1 fully saturated rings. The van der Waals surface area contributed by atoms with Gasteiger partial charge in [-0.25, -0.2) is 4.79 Å². The molecule has 2 aromatic carbocycles. The largest absolute Gasteiger partial charge is 0.459 e. The molecular formula is C21H22O8. The SMILES string of the molecule is O=C(Cc1ccccc1)O[C@@H]1O[C@H](C(=O)OCc2ccccc2)[C@@H](O)[C@H](O)[C@H]1O. The average Bonchev–Trinajstić information content (AvgIpc) is 2.74. The van der Waals surface area contributed by atoms with Gasteiger partial charge in [0.15, 0.2) is 6.10 Å². The van der Waals surface area contributed by atoms with Gasteiger partial charge in [-0.1, -0.05) is 60.7 Å². The third-order valence-electron chi connectivity index (χ3n) is 4.46. The molecule has 1 heterocycles. The van der Waals surface area contributed by atoms with Gasteiger partial charge in [-0.2, -0.15) is 0 Å². The Morgan fingerprint density at radius 2 is 1.41 bits per heavy atom. The van der Waals surface area contributed by atoms with Gasteiger partial charge in [0, 0.05) is 0 Å². The number of hydrogen-bond acceptors (Lipinski definition) is 8. The number of esters is 2. The molecule has 1 aliphatic rings. The fourth-order valence-electron chi connectivity index (χ4n) is 2.88. The number of carbonyl (C=O) groups is 2. The quantitative estimate of drug-likeness (QED) is 0.591. The minimum Gasteiger partial charge on any atom is -0.459 e. The molecule has 0 amide bonds. The Balaban J connectivity index is 1.61. The van der Waals surface area contributed by atoms with Crippen molar-refractivity contribution in [3.63, 3.8) is 0 Å². The number of aliphatic hydroxyl groups excluding tert-OH is 3.